The van der Waals surface area contributed by atoms with Crippen molar-refractivity contribution in [3.05, 3.63) is 47.7 Å². The molecular weight excluding hydrogens is 316 g/mol. The van der Waals surface area contributed by atoms with Crippen molar-refractivity contribution < 1.29 is 9.59 Å². The maximum atomic E-state index is 12.1. The molecule has 0 saturated heterocycles. The SMILES string of the molecule is CCN(CC)c1ccc(NC(=O)C(=O)Nc2cc(C)ccn2)c(C)c1. The average molecular weight is 340 g/mol. The summed E-state index contributed by atoms with van der Waals surface area (Å²) in [4.78, 5) is 30.4. The third-order valence-electron chi connectivity index (χ3n) is 3.95. The first kappa shape index (κ1) is 18.4. The van der Waals surface area contributed by atoms with Crippen LogP contribution in [0.1, 0.15) is 25.0 Å². The van der Waals surface area contributed by atoms with Crippen molar-refractivity contribution in [3.63, 3.8) is 0 Å². The Morgan fingerprint density at radius 3 is 2.28 bits per heavy atom. The molecule has 1 aromatic carbocycles. The van der Waals surface area contributed by atoms with E-state index in [1.165, 1.54) is 0 Å². The second kappa shape index (κ2) is 8.28. The Morgan fingerprint density at radius 1 is 1.00 bits per heavy atom. The van der Waals surface area contributed by atoms with Crippen LogP contribution in [0, 0.1) is 13.8 Å². The molecule has 2 amide bonds. The lowest BCUT2D eigenvalue weighted by Crippen LogP contribution is -2.29. The van der Waals surface area contributed by atoms with Crippen molar-refractivity contribution in [2.45, 2.75) is 27.7 Å². The molecule has 6 nitrogen and oxygen atoms in total. The normalized spacial score (nSPS) is 10.2. The quantitative estimate of drug-likeness (QED) is 0.820. The van der Waals surface area contributed by atoms with Crippen LogP contribution in [0.15, 0.2) is 36.5 Å². The molecule has 2 aromatic rings. The fourth-order valence-electron chi connectivity index (χ4n) is 2.53. The van der Waals surface area contributed by atoms with Gasteiger partial charge in [0.1, 0.15) is 5.82 Å². The minimum Gasteiger partial charge on any atom is -0.372 e. The van der Waals surface area contributed by atoms with E-state index in [9.17, 15) is 9.59 Å². The zero-order valence-corrected chi connectivity index (χ0v) is 15.1. The molecule has 2 N–H and O–H groups in total. The van der Waals surface area contributed by atoms with Crippen molar-refractivity contribution >= 4 is 29.0 Å². The van der Waals surface area contributed by atoms with E-state index in [0.29, 0.717) is 11.5 Å². The summed E-state index contributed by atoms with van der Waals surface area (Å²) < 4.78 is 0. The van der Waals surface area contributed by atoms with Crippen molar-refractivity contribution in [1.29, 1.82) is 0 Å². The van der Waals surface area contributed by atoms with E-state index in [1.807, 2.05) is 38.1 Å². The monoisotopic (exact) mass is 340 g/mol. The first-order chi connectivity index (χ1) is 11.9. The average Bonchev–Trinajstić information content (AvgIpc) is 2.58. The molecule has 0 spiro atoms. The molecule has 0 unspecified atom stereocenters. The van der Waals surface area contributed by atoms with E-state index < -0.39 is 11.8 Å². The highest BCUT2D eigenvalue weighted by Gasteiger charge is 2.16. The predicted octanol–water partition coefficient (Wildman–Crippen LogP) is 3.12. The Kier molecular flexibility index (Phi) is 6.11. The molecule has 0 atom stereocenters. The van der Waals surface area contributed by atoms with Crippen LogP contribution in [0.3, 0.4) is 0 Å². The van der Waals surface area contributed by atoms with Gasteiger partial charge in [0.15, 0.2) is 0 Å². The Hall–Kier alpha value is -2.89. The first-order valence-electron chi connectivity index (χ1n) is 8.35. The van der Waals surface area contributed by atoms with Crippen LogP contribution in [0.4, 0.5) is 17.2 Å². The van der Waals surface area contributed by atoms with Crippen LogP contribution < -0.4 is 15.5 Å². The number of benzene rings is 1. The van der Waals surface area contributed by atoms with Gasteiger partial charge in [-0.2, -0.15) is 0 Å². The van der Waals surface area contributed by atoms with Crippen molar-refractivity contribution in [3.8, 4) is 0 Å². The van der Waals surface area contributed by atoms with Crippen LogP contribution in [-0.2, 0) is 9.59 Å². The lowest BCUT2D eigenvalue weighted by Gasteiger charge is -2.22. The molecule has 132 valence electrons. The van der Waals surface area contributed by atoms with E-state index in [0.717, 1.165) is 29.9 Å². The summed E-state index contributed by atoms with van der Waals surface area (Å²) in [5, 5.41) is 5.15. The minimum atomic E-state index is -0.745. The fourth-order valence-corrected chi connectivity index (χ4v) is 2.53. The Balaban J connectivity index is 2.05. The van der Waals surface area contributed by atoms with Crippen LogP contribution in [0.5, 0.6) is 0 Å². The molecule has 0 fully saturated rings. The highest BCUT2D eigenvalue weighted by atomic mass is 16.2. The minimum absolute atomic E-state index is 0.355. The van der Waals surface area contributed by atoms with Gasteiger partial charge in [-0.25, -0.2) is 4.98 Å². The third-order valence-corrected chi connectivity index (χ3v) is 3.95. The van der Waals surface area contributed by atoms with Crippen LogP contribution in [-0.4, -0.2) is 29.9 Å². The van der Waals surface area contributed by atoms with Crippen molar-refractivity contribution in [2.75, 3.05) is 28.6 Å². The largest absolute Gasteiger partial charge is 0.372 e. The standard InChI is InChI=1S/C19H24N4O2/c1-5-23(6-2)15-7-8-16(14(4)12-15)21-18(24)19(25)22-17-11-13(3)9-10-20-17/h7-12H,5-6H2,1-4H3,(H,21,24)(H,20,22,25). The molecule has 0 aliphatic heterocycles. The van der Waals surface area contributed by atoms with E-state index in [-0.39, 0.29) is 0 Å². The van der Waals surface area contributed by atoms with Gasteiger partial charge in [-0.15, -0.1) is 0 Å². The molecule has 0 saturated carbocycles. The third kappa shape index (κ3) is 4.79. The molecule has 0 aliphatic carbocycles. The van der Waals surface area contributed by atoms with Gasteiger partial charge in [-0.05, 0) is 69.2 Å². The first-order valence-corrected chi connectivity index (χ1v) is 8.35. The Labute approximate surface area is 148 Å². The number of nitrogens with zero attached hydrogens (tertiary/aromatic N) is 2. The lowest BCUT2D eigenvalue weighted by molar-refractivity contribution is -0.133. The summed E-state index contributed by atoms with van der Waals surface area (Å²) in [6.45, 7) is 9.80. The van der Waals surface area contributed by atoms with Gasteiger partial charge in [0, 0.05) is 30.7 Å². The molecule has 25 heavy (non-hydrogen) atoms. The molecule has 2 rings (SSSR count). The number of rotatable bonds is 5. The molecular formula is C19H24N4O2. The topological polar surface area (TPSA) is 74.3 Å². The number of pyridine rings is 1. The Bertz CT molecular complexity index is 770. The second-order valence-electron chi connectivity index (χ2n) is 5.80. The summed E-state index contributed by atoms with van der Waals surface area (Å²) in [5.41, 5.74) is 3.56. The zero-order valence-electron chi connectivity index (χ0n) is 15.1. The smallest absolute Gasteiger partial charge is 0.315 e. The summed E-state index contributed by atoms with van der Waals surface area (Å²) in [6.07, 6.45) is 1.58. The number of hydrogen-bond donors (Lipinski definition) is 2. The highest BCUT2D eigenvalue weighted by molar-refractivity contribution is 6.43. The lowest BCUT2D eigenvalue weighted by atomic mass is 10.1. The van der Waals surface area contributed by atoms with Crippen LogP contribution >= 0.6 is 0 Å². The number of aryl methyl sites for hydroxylation is 2. The van der Waals surface area contributed by atoms with Crippen molar-refractivity contribution in [1.82, 2.24) is 4.98 Å². The molecule has 1 heterocycles. The van der Waals surface area contributed by atoms with Gasteiger partial charge >= 0.3 is 11.8 Å². The van der Waals surface area contributed by atoms with Gasteiger partial charge < -0.3 is 15.5 Å². The van der Waals surface area contributed by atoms with Gasteiger partial charge in [0.25, 0.3) is 0 Å². The summed E-state index contributed by atoms with van der Waals surface area (Å²) in [5.74, 6) is -1.11. The Morgan fingerprint density at radius 2 is 1.68 bits per heavy atom. The second-order valence-corrected chi connectivity index (χ2v) is 5.80. The number of carbonyl (C=O) groups is 2. The predicted molar refractivity (Wildman–Crippen MR) is 101 cm³/mol. The molecule has 1 aromatic heterocycles. The van der Waals surface area contributed by atoms with Crippen LogP contribution in [0.2, 0.25) is 0 Å². The van der Waals surface area contributed by atoms with Crippen molar-refractivity contribution in [2.24, 2.45) is 0 Å². The number of aromatic nitrogens is 1. The molecule has 6 heteroatoms. The van der Waals surface area contributed by atoms with Gasteiger partial charge in [-0.1, -0.05) is 0 Å². The zero-order chi connectivity index (χ0) is 18.4. The molecule has 0 aliphatic rings. The summed E-state index contributed by atoms with van der Waals surface area (Å²) in [6, 6.07) is 9.28. The number of hydrogen-bond acceptors (Lipinski definition) is 4. The summed E-state index contributed by atoms with van der Waals surface area (Å²) in [7, 11) is 0. The van der Waals surface area contributed by atoms with Gasteiger partial charge in [0.2, 0.25) is 0 Å². The highest BCUT2D eigenvalue weighted by Crippen LogP contribution is 2.22. The number of amides is 2. The van der Waals surface area contributed by atoms with E-state index in [2.05, 4.69) is 34.4 Å². The molecule has 0 radical (unpaired) electrons. The van der Waals surface area contributed by atoms with Crippen LogP contribution in [0.25, 0.3) is 0 Å². The number of carbonyl (C=O) groups excluding carboxylic acids is 2. The van der Waals surface area contributed by atoms with E-state index in [4.69, 9.17) is 0 Å². The maximum Gasteiger partial charge on any atom is 0.315 e. The summed E-state index contributed by atoms with van der Waals surface area (Å²) >= 11 is 0. The van der Waals surface area contributed by atoms with E-state index >= 15 is 0 Å². The fraction of sp³-hybridized carbons (Fsp3) is 0.316. The van der Waals surface area contributed by atoms with Gasteiger partial charge in [-0.3, -0.25) is 9.59 Å². The number of anilines is 3. The number of nitrogens with one attached hydrogen (secondary N) is 2. The molecule has 0 bridgehead atoms. The van der Waals surface area contributed by atoms with E-state index in [1.54, 1.807) is 12.3 Å². The maximum absolute atomic E-state index is 12.1. The van der Waals surface area contributed by atoms with Gasteiger partial charge in [0.05, 0.1) is 0 Å².